The normalized spacial score (nSPS) is 16.4. The second-order valence-corrected chi connectivity index (χ2v) is 8.23. The van der Waals surface area contributed by atoms with E-state index in [4.69, 9.17) is 18.6 Å². The molecule has 2 aliphatic rings. The highest BCUT2D eigenvalue weighted by molar-refractivity contribution is 6.03. The van der Waals surface area contributed by atoms with Gasteiger partial charge in [0.1, 0.15) is 30.6 Å². The van der Waals surface area contributed by atoms with Gasteiger partial charge in [-0.15, -0.1) is 0 Å². The summed E-state index contributed by atoms with van der Waals surface area (Å²) < 4.78 is 21.5. The SMILES string of the molecule is Cc1ccc(C2=NN(C(=O)COC(=O)c3cc4c(cc3[N+](=O)[O-])OCCO4)C(c3ccco3)C2)cc1. The number of aryl methyl sites for hydroxylation is 1. The molecule has 3 aromatic rings. The topological polar surface area (TPSA) is 134 Å². The predicted molar refractivity (Wildman–Crippen MR) is 125 cm³/mol. The smallest absolute Gasteiger partial charge is 0.345 e. The van der Waals surface area contributed by atoms with E-state index in [9.17, 15) is 19.7 Å². The molecule has 0 bridgehead atoms. The monoisotopic (exact) mass is 491 g/mol. The molecule has 3 heterocycles. The molecule has 1 atom stereocenters. The Kier molecular flexibility index (Phi) is 6.11. The van der Waals surface area contributed by atoms with Gasteiger partial charge in [-0.2, -0.15) is 5.10 Å². The van der Waals surface area contributed by atoms with Crippen LogP contribution >= 0.6 is 0 Å². The number of carbonyl (C=O) groups is 2. The Labute approximate surface area is 205 Å². The molecule has 1 unspecified atom stereocenters. The maximum absolute atomic E-state index is 13.1. The minimum absolute atomic E-state index is 0.164. The summed E-state index contributed by atoms with van der Waals surface area (Å²) in [6, 6.07) is 13.0. The highest BCUT2D eigenvalue weighted by atomic mass is 16.6. The molecule has 0 saturated heterocycles. The molecule has 2 aromatic carbocycles. The van der Waals surface area contributed by atoms with E-state index in [1.54, 1.807) is 12.1 Å². The molecular formula is C25H21N3O8. The van der Waals surface area contributed by atoms with Crippen molar-refractivity contribution < 1.29 is 33.1 Å². The number of carbonyl (C=O) groups excluding carboxylic acids is 2. The van der Waals surface area contributed by atoms with Crippen LogP contribution in [0.2, 0.25) is 0 Å². The van der Waals surface area contributed by atoms with E-state index in [0.717, 1.165) is 17.2 Å². The fourth-order valence-corrected chi connectivity index (χ4v) is 4.03. The van der Waals surface area contributed by atoms with Crippen LogP contribution in [0.5, 0.6) is 11.5 Å². The minimum atomic E-state index is -1.04. The predicted octanol–water partition coefficient (Wildman–Crippen LogP) is 3.80. The Bertz CT molecular complexity index is 1350. The van der Waals surface area contributed by atoms with E-state index >= 15 is 0 Å². The number of amides is 1. The Morgan fingerprint density at radius 2 is 1.86 bits per heavy atom. The van der Waals surface area contributed by atoms with Crippen LogP contribution in [0, 0.1) is 17.0 Å². The second-order valence-electron chi connectivity index (χ2n) is 8.23. The first kappa shape index (κ1) is 23.1. The summed E-state index contributed by atoms with van der Waals surface area (Å²) in [6.07, 6.45) is 1.91. The molecule has 36 heavy (non-hydrogen) atoms. The summed E-state index contributed by atoms with van der Waals surface area (Å²) in [6.45, 7) is 1.77. The summed E-state index contributed by atoms with van der Waals surface area (Å²) in [4.78, 5) is 36.6. The Morgan fingerprint density at radius 1 is 1.14 bits per heavy atom. The van der Waals surface area contributed by atoms with Crippen molar-refractivity contribution >= 4 is 23.3 Å². The number of nitrogens with zero attached hydrogens (tertiary/aromatic N) is 3. The van der Waals surface area contributed by atoms with E-state index in [1.165, 1.54) is 17.3 Å². The standard InChI is InChI=1S/C25H21N3O8/c1-15-4-6-16(7-5-15)18-12-20(21-3-2-8-33-21)27(26-18)24(29)14-36-25(30)17-11-22-23(35-10-9-34-22)13-19(17)28(31)32/h2-8,11,13,20H,9-10,12,14H2,1H3. The van der Waals surface area contributed by atoms with Gasteiger partial charge in [0.15, 0.2) is 18.1 Å². The van der Waals surface area contributed by atoms with Crippen molar-refractivity contribution in [1.29, 1.82) is 0 Å². The van der Waals surface area contributed by atoms with E-state index in [2.05, 4.69) is 5.10 Å². The van der Waals surface area contributed by atoms with E-state index in [0.29, 0.717) is 17.9 Å². The number of ether oxygens (including phenoxy) is 3. The summed E-state index contributed by atoms with van der Waals surface area (Å²) in [5.41, 5.74) is 1.78. The number of esters is 1. The molecule has 11 heteroatoms. The highest BCUT2D eigenvalue weighted by Gasteiger charge is 2.36. The zero-order valence-corrected chi connectivity index (χ0v) is 19.2. The second kappa shape index (κ2) is 9.53. The number of hydrogen-bond acceptors (Lipinski definition) is 9. The number of rotatable bonds is 6. The fraction of sp³-hybridized carbons (Fsp3) is 0.240. The number of nitro benzene ring substituents is 1. The molecule has 0 spiro atoms. The number of hydrogen-bond donors (Lipinski definition) is 0. The van der Waals surface area contributed by atoms with Gasteiger partial charge in [-0.05, 0) is 24.6 Å². The van der Waals surface area contributed by atoms with Crippen LogP contribution in [0.25, 0.3) is 0 Å². The molecular weight excluding hydrogens is 470 g/mol. The van der Waals surface area contributed by atoms with Crippen LogP contribution in [0.3, 0.4) is 0 Å². The average molecular weight is 491 g/mol. The zero-order chi connectivity index (χ0) is 25.2. The van der Waals surface area contributed by atoms with Gasteiger partial charge in [-0.25, -0.2) is 9.80 Å². The van der Waals surface area contributed by atoms with Crippen molar-refractivity contribution in [3.05, 3.63) is 87.4 Å². The number of fused-ring (bicyclic) bond motifs is 1. The average Bonchev–Trinajstić information content (AvgIpc) is 3.57. The third-order valence-electron chi connectivity index (χ3n) is 5.83. The van der Waals surface area contributed by atoms with Gasteiger partial charge >= 0.3 is 5.97 Å². The van der Waals surface area contributed by atoms with E-state index in [1.807, 2.05) is 31.2 Å². The number of furan rings is 1. The van der Waals surface area contributed by atoms with Gasteiger partial charge in [0, 0.05) is 12.5 Å². The highest BCUT2D eigenvalue weighted by Crippen LogP contribution is 2.37. The van der Waals surface area contributed by atoms with Crippen molar-refractivity contribution in [2.75, 3.05) is 19.8 Å². The number of hydrazone groups is 1. The summed E-state index contributed by atoms with van der Waals surface area (Å²) >= 11 is 0. The van der Waals surface area contributed by atoms with Crippen molar-refractivity contribution in [1.82, 2.24) is 5.01 Å². The van der Waals surface area contributed by atoms with Crippen molar-refractivity contribution in [3.8, 4) is 11.5 Å². The Hall–Kier alpha value is -4.67. The van der Waals surface area contributed by atoms with Crippen molar-refractivity contribution in [2.45, 2.75) is 19.4 Å². The van der Waals surface area contributed by atoms with E-state index < -0.39 is 35.1 Å². The number of nitro groups is 1. The molecule has 0 saturated carbocycles. The number of benzene rings is 2. The first-order valence-electron chi connectivity index (χ1n) is 11.2. The molecule has 0 N–H and O–H groups in total. The summed E-state index contributed by atoms with van der Waals surface area (Å²) in [5, 5.41) is 17.2. The molecule has 0 fully saturated rings. The largest absolute Gasteiger partial charge is 0.486 e. The van der Waals surface area contributed by atoms with Crippen LogP contribution < -0.4 is 9.47 Å². The lowest BCUT2D eigenvalue weighted by molar-refractivity contribution is -0.385. The summed E-state index contributed by atoms with van der Waals surface area (Å²) in [7, 11) is 0. The van der Waals surface area contributed by atoms with E-state index in [-0.39, 0.29) is 30.3 Å². The van der Waals surface area contributed by atoms with Crippen molar-refractivity contribution in [2.24, 2.45) is 5.10 Å². The van der Waals surface area contributed by atoms with Gasteiger partial charge < -0.3 is 18.6 Å². The van der Waals surface area contributed by atoms with Crippen molar-refractivity contribution in [3.63, 3.8) is 0 Å². The van der Waals surface area contributed by atoms with Gasteiger partial charge in [0.05, 0.1) is 23.0 Å². The zero-order valence-electron chi connectivity index (χ0n) is 19.2. The van der Waals surface area contributed by atoms with Crippen LogP contribution in [0.15, 0.2) is 64.3 Å². The third-order valence-corrected chi connectivity index (χ3v) is 5.83. The van der Waals surface area contributed by atoms with Gasteiger partial charge in [-0.3, -0.25) is 14.9 Å². The quantitative estimate of drug-likeness (QED) is 0.289. The Morgan fingerprint density at radius 3 is 2.53 bits per heavy atom. The molecule has 184 valence electrons. The molecule has 0 radical (unpaired) electrons. The lowest BCUT2D eigenvalue weighted by Crippen LogP contribution is -2.31. The summed E-state index contributed by atoms with van der Waals surface area (Å²) in [5.74, 6) is -0.759. The third kappa shape index (κ3) is 4.50. The molecule has 0 aliphatic carbocycles. The maximum Gasteiger partial charge on any atom is 0.345 e. The van der Waals surface area contributed by atoms with Crippen LogP contribution in [0.4, 0.5) is 5.69 Å². The van der Waals surface area contributed by atoms with Crippen LogP contribution in [0.1, 0.15) is 39.7 Å². The van der Waals surface area contributed by atoms with Gasteiger partial charge in [0.2, 0.25) is 0 Å². The fourth-order valence-electron chi connectivity index (χ4n) is 4.03. The molecule has 5 rings (SSSR count). The molecule has 1 aromatic heterocycles. The lowest BCUT2D eigenvalue weighted by Gasteiger charge is -2.20. The van der Waals surface area contributed by atoms with Crippen LogP contribution in [-0.4, -0.2) is 47.3 Å². The first-order chi connectivity index (χ1) is 17.4. The molecule has 2 aliphatic heterocycles. The maximum atomic E-state index is 13.1. The first-order valence-corrected chi connectivity index (χ1v) is 11.2. The van der Waals surface area contributed by atoms with Gasteiger partial charge in [0.25, 0.3) is 11.6 Å². The lowest BCUT2D eigenvalue weighted by atomic mass is 10.0. The van der Waals surface area contributed by atoms with Gasteiger partial charge in [-0.1, -0.05) is 29.8 Å². The minimum Gasteiger partial charge on any atom is -0.486 e. The molecule has 11 nitrogen and oxygen atoms in total. The Balaban J connectivity index is 1.36. The molecule has 1 amide bonds. The van der Waals surface area contributed by atoms with Crippen LogP contribution in [-0.2, 0) is 9.53 Å².